The van der Waals surface area contributed by atoms with Gasteiger partial charge in [0.05, 0.1) is 11.8 Å². The summed E-state index contributed by atoms with van der Waals surface area (Å²) in [6, 6.07) is 15.9. The van der Waals surface area contributed by atoms with Gasteiger partial charge in [0.15, 0.2) is 0 Å². The standard InChI is InChI=1S/C20H26N2O2/c1-15(2)24-19-11-7-6-10-18(19)21-13-12-20(23)22-14-17-9-5-4-8-16(17)3/h4-11,15,21H,12-14H2,1-3H3,(H,22,23). The number of hydrogen-bond donors (Lipinski definition) is 2. The van der Waals surface area contributed by atoms with Crippen LogP contribution in [0.2, 0.25) is 0 Å². The summed E-state index contributed by atoms with van der Waals surface area (Å²) in [5, 5.41) is 6.24. The van der Waals surface area contributed by atoms with E-state index in [-0.39, 0.29) is 12.0 Å². The maximum atomic E-state index is 12.0. The van der Waals surface area contributed by atoms with Crippen LogP contribution in [0.1, 0.15) is 31.4 Å². The van der Waals surface area contributed by atoms with Crippen molar-refractivity contribution in [2.24, 2.45) is 0 Å². The minimum absolute atomic E-state index is 0.0352. The number of amides is 1. The molecule has 2 aromatic carbocycles. The highest BCUT2D eigenvalue weighted by atomic mass is 16.5. The Morgan fingerprint density at radius 1 is 1.08 bits per heavy atom. The predicted octanol–water partition coefficient (Wildman–Crippen LogP) is 3.90. The first-order valence-electron chi connectivity index (χ1n) is 8.37. The molecular weight excluding hydrogens is 300 g/mol. The number of anilines is 1. The van der Waals surface area contributed by atoms with Crippen molar-refractivity contribution >= 4 is 11.6 Å². The minimum Gasteiger partial charge on any atom is -0.489 e. The van der Waals surface area contributed by atoms with E-state index in [9.17, 15) is 4.79 Å². The number of ether oxygens (including phenoxy) is 1. The molecule has 0 fully saturated rings. The zero-order chi connectivity index (χ0) is 17.4. The summed E-state index contributed by atoms with van der Waals surface area (Å²) in [6.07, 6.45) is 0.535. The van der Waals surface area contributed by atoms with Crippen LogP contribution in [0, 0.1) is 6.92 Å². The Kier molecular flexibility index (Phi) is 6.67. The lowest BCUT2D eigenvalue weighted by Crippen LogP contribution is -2.25. The van der Waals surface area contributed by atoms with Crippen LogP contribution in [-0.2, 0) is 11.3 Å². The lowest BCUT2D eigenvalue weighted by atomic mass is 10.1. The fourth-order valence-electron chi connectivity index (χ4n) is 2.37. The van der Waals surface area contributed by atoms with Crippen LogP contribution in [0.3, 0.4) is 0 Å². The van der Waals surface area contributed by atoms with Crippen molar-refractivity contribution in [1.82, 2.24) is 5.32 Å². The van der Waals surface area contributed by atoms with Crippen molar-refractivity contribution in [3.8, 4) is 5.75 Å². The molecule has 0 radical (unpaired) electrons. The number of aryl methyl sites for hydroxylation is 1. The monoisotopic (exact) mass is 326 g/mol. The second-order valence-electron chi connectivity index (χ2n) is 6.04. The SMILES string of the molecule is Cc1ccccc1CNC(=O)CCNc1ccccc1OC(C)C. The van der Waals surface area contributed by atoms with E-state index >= 15 is 0 Å². The van der Waals surface area contributed by atoms with Gasteiger partial charge in [-0.3, -0.25) is 4.79 Å². The predicted molar refractivity (Wildman–Crippen MR) is 98.3 cm³/mol. The van der Waals surface area contributed by atoms with Crippen molar-refractivity contribution in [3.05, 3.63) is 59.7 Å². The maximum Gasteiger partial charge on any atom is 0.222 e. The summed E-state index contributed by atoms with van der Waals surface area (Å²) in [5.41, 5.74) is 3.25. The Morgan fingerprint density at radius 2 is 1.79 bits per heavy atom. The van der Waals surface area contributed by atoms with Crippen LogP contribution in [0.5, 0.6) is 5.75 Å². The van der Waals surface area contributed by atoms with Crippen LogP contribution in [-0.4, -0.2) is 18.6 Å². The van der Waals surface area contributed by atoms with Gasteiger partial charge >= 0.3 is 0 Å². The fraction of sp³-hybridized carbons (Fsp3) is 0.350. The summed E-state index contributed by atoms with van der Waals surface area (Å²) >= 11 is 0. The third-order valence-corrected chi connectivity index (χ3v) is 3.65. The molecule has 0 spiro atoms. The van der Waals surface area contributed by atoms with Crippen molar-refractivity contribution in [2.45, 2.75) is 39.8 Å². The van der Waals surface area contributed by atoms with Gasteiger partial charge in [0.1, 0.15) is 5.75 Å². The van der Waals surface area contributed by atoms with Crippen molar-refractivity contribution in [3.63, 3.8) is 0 Å². The molecule has 0 bridgehead atoms. The Balaban J connectivity index is 1.78. The molecule has 4 nitrogen and oxygen atoms in total. The van der Waals surface area contributed by atoms with E-state index < -0.39 is 0 Å². The maximum absolute atomic E-state index is 12.0. The zero-order valence-corrected chi connectivity index (χ0v) is 14.6. The molecule has 2 rings (SSSR count). The van der Waals surface area contributed by atoms with Gasteiger partial charge in [-0.1, -0.05) is 36.4 Å². The van der Waals surface area contributed by atoms with E-state index in [2.05, 4.69) is 23.6 Å². The molecule has 1 amide bonds. The molecule has 0 aliphatic carbocycles. The fourth-order valence-corrected chi connectivity index (χ4v) is 2.37. The van der Waals surface area contributed by atoms with E-state index in [4.69, 9.17) is 4.74 Å². The molecule has 0 aromatic heterocycles. The highest BCUT2D eigenvalue weighted by Crippen LogP contribution is 2.24. The summed E-state index contributed by atoms with van der Waals surface area (Å²) < 4.78 is 5.76. The summed E-state index contributed by atoms with van der Waals surface area (Å²) in [7, 11) is 0. The van der Waals surface area contributed by atoms with E-state index in [0.717, 1.165) is 17.0 Å². The first-order chi connectivity index (χ1) is 11.6. The third kappa shape index (κ3) is 5.61. The number of nitrogens with one attached hydrogen (secondary N) is 2. The zero-order valence-electron chi connectivity index (χ0n) is 14.6. The number of rotatable bonds is 8. The number of carbonyl (C=O) groups excluding carboxylic acids is 1. The van der Waals surface area contributed by atoms with Gasteiger partial charge in [0, 0.05) is 19.5 Å². The van der Waals surface area contributed by atoms with Crippen molar-refractivity contribution < 1.29 is 9.53 Å². The van der Waals surface area contributed by atoms with Crippen LogP contribution in [0.25, 0.3) is 0 Å². The first kappa shape index (κ1) is 17.9. The Hall–Kier alpha value is -2.49. The van der Waals surface area contributed by atoms with E-state index in [1.165, 1.54) is 5.56 Å². The highest BCUT2D eigenvalue weighted by molar-refractivity contribution is 5.76. The van der Waals surface area contributed by atoms with Crippen LogP contribution < -0.4 is 15.4 Å². The lowest BCUT2D eigenvalue weighted by molar-refractivity contribution is -0.121. The van der Waals surface area contributed by atoms with Gasteiger partial charge in [0.25, 0.3) is 0 Å². The molecule has 0 heterocycles. The highest BCUT2D eigenvalue weighted by Gasteiger charge is 2.06. The summed E-state index contributed by atoms with van der Waals surface area (Å²) in [5.74, 6) is 0.848. The molecule has 0 saturated carbocycles. The van der Waals surface area contributed by atoms with Gasteiger partial charge < -0.3 is 15.4 Å². The quantitative estimate of drug-likeness (QED) is 0.773. The largest absolute Gasteiger partial charge is 0.489 e. The number of hydrogen-bond acceptors (Lipinski definition) is 3. The lowest BCUT2D eigenvalue weighted by Gasteiger charge is -2.15. The second kappa shape index (κ2) is 8.96. The van der Waals surface area contributed by atoms with Gasteiger partial charge in [-0.15, -0.1) is 0 Å². The van der Waals surface area contributed by atoms with Gasteiger partial charge in [-0.2, -0.15) is 0 Å². The van der Waals surface area contributed by atoms with Crippen LogP contribution in [0.15, 0.2) is 48.5 Å². The molecule has 0 atom stereocenters. The number of carbonyl (C=O) groups is 1. The topological polar surface area (TPSA) is 50.4 Å². The molecule has 0 saturated heterocycles. The Labute approximate surface area is 144 Å². The molecule has 2 aromatic rings. The molecule has 4 heteroatoms. The van der Waals surface area contributed by atoms with Gasteiger partial charge in [-0.25, -0.2) is 0 Å². The van der Waals surface area contributed by atoms with Gasteiger partial charge in [-0.05, 0) is 44.0 Å². The second-order valence-corrected chi connectivity index (χ2v) is 6.04. The van der Waals surface area contributed by atoms with E-state index in [0.29, 0.717) is 19.5 Å². The smallest absolute Gasteiger partial charge is 0.222 e. The van der Waals surface area contributed by atoms with Crippen LogP contribution >= 0.6 is 0 Å². The minimum atomic E-state index is 0.0352. The molecular formula is C20H26N2O2. The third-order valence-electron chi connectivity index (χ3n) is 3.65. The average molecular weight is 326 g/mol. The number of benzene rings is 2. The van der Waals surface area contributed by atoms with Gasteiger partial charge in [0.2, 0.25) is 5.91 Å². The molecule has 0 unspecified atom stereocenters. The van der Waals surface area contributed by atoms with E-state index in [1.54, 1.807) is 0 Å². The van der Waals surface area contributed by atoms with Crippen molar-refractivity contribution in [1.29, 1.82) is 0 Å². The normalized spacial score (nSPS) is 10.5. The Bertz CT molecular complexity index is 668. The molecule has 24 heavy (non-hydrogen) atoms. The number of para-hydroxylation sites is 2. The Morgan fingerprint density at radius 3 is 2.54 bits per heavy atom. The van der Waals surface area contributed by atoms with E-state index in [1.807, 2.05) is 56.3 Å². The average Bonchev–Trinajstić information content (AvgIpc) is 2.55. The van der Waals surface area contributed by atoms with Crippen LogP contribution in [0.4, 0.5) is 5.69 Å². The molecule has 0 aliphatic rings. The summed E-state index contributed by atoms with van der Waals surface area (Å²) in [4.78, 5) is 12.0. The first-order valence-corrected chi connectivity index (χ1v) is 8.37. The molecule has 0 aliphatic heterocycles. The summed E-state index contributed by atoms with van der Waals surface area (Å²) in [6.45, 7) is 7.18. The van der Waals surface area contributed by atoms with Crippen molar-refractivity contribution in [2.75, 3.05) is 11.9 Å². The molecule has 128 valence electrons. The molecule has 2 N–H and O–H groups in total.